The second-order valence-corrected chi connectivity index (χ2v) is 7.01. The normalized spacial score (nSPS) is 17.0. The zero-order valence-electron chi connectivity index (χ0n) is 15.3. The first-order chi connectivity index (χ1) is 11.4. The van der Waals surface area contributed by atoms with E-state index in [-0.39, 0.29) is 5.97 Å². The van der Waals surface area contributed by atoms with Crippen molar-refractivity contribution in [2.75, 3.05) is 33.3 Å². The van der Waals surface area contributed by atoms with Crippen LogP contribution in [0.15, 0.2) is 29.3 Å². The molecule has 1 aromatic carbocycles. The van der Waals surface area contributed by atoms with Crippen molar-refractivity contribution in [1.82, 2.24) is 10.2 Å². The smallest absolute Gasteiger partial charge is 0.337 e. The van der Waals surface area contributed by atoms with Crippen LogP contribution in [0.2, 0.25) is 0 Å². The molecule has 0 aromatic heterocycles. The number of aliphatic imine (C=N–C) groups is 1. The van der Waals surface area contributed by atoms with Gasteiger partial charge in [0, 0.05) is 26.2 Å². The average Bonchev–Trinajstić information content (AvgIpc) is 2.94. The van der Waals surface area contributed by atoms with Gasteiger partial charge in [-0.2, -0.15) is 0 Å². The number of carbonyl (C=O) groups is 1. The fraction of sp³-hybridized carbons (Fsp3) is 0.579. The van der Waals surface area contributed by atoms with Gasteiger partial charge in [-0.1, -0.05) is 26.0 Å². The number of carbonyl (C=O) groups excluding carboxylic acids is 1. The Balaban J connectivity index is 1.93. The van der Waals surface area contributed by atoms with Gasteiger partial charge in [0.1, 0.15) is 0 Å². The highest BCUT2D eigenvalue weighted by atomic mass is 16.5. The number of ether oxygens (including phenoxy) is 1. The summed E-state index contributed by atoms with van der Waals surface area (Å²) in [5.74, 6) is 0.708. The standard InChI is InChI=1S/C19H29N3O2/c1-5-20-18(22-13-11-19(2,3)14-22)21-12-10-15-6-8-16(9-7-15)17(23)24-4/h6-9H,5,10-14H2,1-4H3,(H,20,21). The molecule has 24 heavy (non-hydrogen) atoms. The van der Waals surface area contributed by atoms with Crippen LogP contribution in [0.1, 0.15) is 43.1 Å². The molecule has 5 heteroatoms. The molecule has 0 saturated carbocycles. The number of likely N-dealkylation sites (tertiary alicyclic amines) is 1. The summed E-state index contributed by atoms with van der Waals surface area (Å²) in [5, 5.41) is 3.39. The van der Waals surface area contributed by atoms with Crippen molar-refractivity contribution < 1.29 is 9.53 Å². The van der Waals surface area contributed by atoms with E-state index in [1.54, 1.807) is 12.1 Å². The molecular formula is C19H29N3O2. The number of nitrogens with one attached hydrogen (secondary N) is 1. The third-order valence-corrected chi connectivity index (χ3v) is 4.35. The minimum absolute atomic E-state index is 0.300. The van der Waals surface area contributed by atoms with Gasteiger partial charge in [-0.05, 0) is 42.9 Å². The molecule has 1 N–H and O–H groups in total. The molecule has 1 saturated heterocycles. The SMILES string of the molecule is CCNC(=NCCc1ccc(C(=O)OC)cc1)N1CCC(C)(C)C1. The van der Waals surface area contributed by atoms with Gasteiger partial charge in [-0.15, -0.1) is 0 Å². The largest absolute Gasteiger partial charge is 0.465 e. The lowest BCUT2D eigenvalue weighted by Crippen LogP contribution is -2.40. The minimum atomic E-state index is -0.300. The van der Waals surface area contributed by atoms with E-state index in [4.69, 9.17) is 9.73 Å². The molecule has 132 valence electrons. The van der Waals surface area contributed by atoms with Crippen molar-refractivity contribution in [3.63, 3.8) is 0 Å². The predicted octanol–water partition coefficient (Wildman–Crippen LogP) is 2.71. The molecule has 1 aliphatic rings. The Bertz CT molecular complexity index is 579. The van der Waals surface area contributed by atoms with Crippen LogP contribution >= 0.6 is 0 Å². The van der Waals surface area contributed by atoms with Gasteiger partial charge in [-0.3, -0.25) is 4.99 Å². The fourth-order valence-electron chi connectivity index (χ4n) is 2.94. The van der Waals surface area contributed by atoms with Gasteiger partial charge in [0.05, 0.1) is 12.7 Å². The Morgan fingerprint density at radius 3 is 2.58 bits per heavy atom. The summed E-state index contributed by atoms with van der Waals surface area (Å²) < 4.78 is 4.71. The van der Waals surface area contributed by atoms with Crippen LogP contribution in [0.3, 0.4) is 0 Å². The molecular weight excluding hydrogens is 302 g/mol. The number of nitrogens with zero attached hydrogens (tertiary/aromatic N) is 2. The van der Waals surface area contributed by atoms with Crippen molar-refractivity contribution in [1.29, 1.82) is 0 Å². The van der Waals surface area contributed by atoms with Crippen LogP contribution in [-0.4, -0.2) is 50.1 Å². The van der Waals surface area contributed by atoms with Crippen molar-refractivity contribution in [2.24, 2.45) is 10.4 Å². The van der Waals surface area contributed by atoms with Gasteiger partial charge in [-0.25, -0.2) is 4.79 Å². The number of hydrogen-bond acceptors (Lipinski definition) is 3. The quantitative estimate of drug-likeness (QED) is 0.512. The topological polar surface area (TPSA) is 53.9 Å². The number of benzene rings is 1. The van der Waals surface area contributed by atoms with Crippen molar-refractivity contribution in [2.45, 2.75) is 33.6 Å². The van der Waals surface area contributed by atoms with Crippen molar-refractivity contribution in [3.8, 4) is 0 Å². The summed E-state index contributed by atoms with van der Waals surface area (Å²) in [6.45, 7) is 10.4. The van der Waals surface area contributed by atoms with E-state index in [2.05, 4.69) is 31.0 Å². The highest BCUT2D eigenvalue weighted by Crippen LogP contribution is 2.28. The molecule has 1 fully saturated rings. The summed E-state index contributed by atoms with van der Waals surface area (Å²) in [4.78, 5) is 18.6. The summed E-state index contributed by atoms with van der Waals surface area (Å²) >= 11 is 0. The van der Waals surface area contributed by atoms with Gasteiger partial charge in [0.25, 0.3) is 0 Å². The molecule has 0 atom stereocenters. The first kappa shape index (κ1) is 18.3. The monoisotopic (exact) mass is 331 g/mol. The van der Waals surface area contributed by atoms with Gasteiger partial charge >= 0.3 is 5.97 Å². The lowest BCUT2D eigenvalue weighted by Gasteiger charge is -2.23. The zero-order valence-corrected chi connectivity index (χ0v) is 15.3. The van der Waals surface area contributed by atoms with Crippen molar-refractivity contribution in [3.05, 3.63) is 35.4 Å². The number of esters is 1. The number of hydrogen-bond donors (Lipinski definition) is 1. The number of rotatable bonds is 5. The lowest BCUT2D eigenvalue weighted by molar-refractivity contribution is 0.0600. The Morgan fingerprint density at radius 1 is 1.33 bits per heavy atom. The Morgan fingerprint density at radius 2 is 2.04 bits per heavy atom. The fourth-order valence-corrected chi connectivity index (χ4v) is 2.94. The maximum absolute atomic E-state index is 11.4. The van der Waals surface area contributed by atoms with E-state index in [9.17, 15) is 4.79 Å². The third-order valence-electron chi connectivity index (χ3n) is 4.35. The van der Waals surface area contributed by atoms with Gasteiger partial charge in [0.15, 0.2) is 5.96 Å². The van der Waals surface area contributed by atoms with Crippen molar-refractivity contribution >= 4 is 11.9 Å². The zero-order chi connectivity index (χ0) is 17.6. The van der Waals surface area contributed by atoms with E-state index in [1.807, 2.05) is 12.1 Å². The van der Waals surface area contributed by atoms with E-state index in [0.29, 0.717) is 11.0 Å². The van der Waals surface area contributed by atoms with Crippen LogP contribution in [0.4, 0.5) is 0 Å². The summed E-state index contributed by atoms with van der Waals surface area (Å²) in [5.41, 5.74) is 2.11. The molecule has 0 bridgehead atoms. The third kappa shape index (κ3) is 4.98. The molecule has 0 amide bonds. The Hall–Kier alpha value is -2.04. The minimum Gasteiger partial charge on any atom is -0.465 e. The first-order valence-electron chi connectivity index (χ1n) is 8.66. The van der Waals surface area contributed by atoms with Crippen LogP contribution in [0.25, 0.3) is 0 Å². The maximum atomic E-state index is 11.4. The Labute approximate surface area is 145 Å². The lowest BCUT2D eigenvalue weighted by atomic mass is 9.93. The summed E-state index contributed by atoms with van der Waals surface area (Å²) in [7, 11) is 1.40. The highest BCUT2D eigenvalue weighted by molar-refractivity contribution is 5.89. The van der Waals surface area contributed by atoms with Crippen LogP contribution in [-0.2, 0) is 11.2 Å². The first-order valence-corrected chi connectivity index (χ1v) is 8.66. The second-order valence-electron chi connectivity index (χ2n) is 7.01. The van der Waals surface area contributed by atoms with Crippen LogP contribution in [0.5, 0.6) is 0 Å². The molecule has 0 aliphatic carbocycles. The highest BCUT2D eigenvalue weighted by Gasteiger charge is 2.30. The van der Waals surface area contributed by atoms with Gasteiger partial charge in [0.2, 0.25) is 0 Å². The van der Waals surface area contributed by atoms with Crippen LogP contribution < -0.4 is 5.32 Å². The number of methoxy groups -OCH3 is 1. The van der Waals surface area contributed by atoms with E-state index in [1.165, 1.54) is 19.1 Å². The summed E-state index contributed by atoms with van der Waals surface area (Å²) in [6, 6.07) is 7.54. The molecule has 5 nitrogen and oxygen atoms in total. The second kappa shape index (κ2) is 8.18. The average molecular weight is 331 g/mol. The van der Waals surface area contributed by atoms with Gasteiger partial charge < -0.3 is 15.0 Å². The Kier molecular flexibility index (Phi) is 6.23. The summed E-state index contributed by atoms with van der Waals surface area (Å²) in [6.07, 6.45) is 2.06. The molecule has 1 aromatic rings. The molecule has 1 heterocycles. The molecule has 0 spiro atoms. The van der Waals surface area contributed by atoms with Crippen LogP contribution in [0, 0.1) is 5.41 Å². The predicted molar refractivity (Wildman–Crippen MR) is 97.4 cm³/mol. The molecule has 0 unspecified atom stereocenters. The maximum Gasteiger partial charge on any atom is 0.337 e. The van der Waals surface area contributed by atoms with E-state index < -0.39 is 0 Å². The molecule has 2 rings (SSSR count). The van der Waals surface area contributed by atoms with E-state index >= 15 is 0 Å². The molecule has 0 radical (unpaired) electrons. The molecule has 1 aliphatic heterocycles. The number of guanidine groups is 1. The van der Waals surface area contributed by atoms with E-state index in [0.717, 1.165) is 38.6 Å².